The molecule has 5 heteroatoms. The molecule has 0 aliphatic heterocycles. The van der Waals surface area contributed by atoms with E-state index in [2.05, 4.69) is 31.9 Å². The average Bonchev–Trinajstić information content (AvgIpc) is 2.34. The number of hydrogen-bond donors (Lipinski definition) is 1. The Bertz CT molecular complexity index is 604. The highest BCUT2D eigenvalue weighted by atomic mass is 79.9. The normalized spacial score (nSPS) is 12.5. The Balaban J connectivity index is 2.25. The topological polar surface area (TPSA) is 26.0 Å². The molecular formula is C14H11Br2ClFN. The molecule has 0 radical (unpaired) electrons. The second-order valence-electron chi connectivity index (χ2n) is 4.19. The molecule has 0 aliphatic carbocycles. The average molecular weight is 408 g/mol. The molecule has 100 valence electrons. The summed E-state index contributed by atoms with van der Waals surface area (Å²) in [5, 5.41) is 0.648. The summed E-state index contributed by atoms with van der Waals surface area (Å²) in [7, 11) is 0. The summed E-state index contributed by atoms with van der Waals surface area (Å²) in [5.74, 6) is -0.278. The van der Waals surface area contributed by atoms with Crippen LogP contribution in [-0.2, 0) is 6.42 Å². The maximum atomic E-state index is 13.4. The van der Waals surface area contributed by atoms with E-state index in [4.69, 9.17) is 17.3 Å². The maximum Gasteiger partial charge on any atom is 0.137 e. The van der Waals surface area contributed by atoms with Crippen LogP contribution in [0.4, 0.5) is 4.39 Å². The second-order valence-corrected chi connectivity index (χ2v) is 6.27. The molecule has 2 aromatic carbocycles. The van der Waals surface area contributed by atoms with Crippen LogP contribution in [0.2, 0.25) is 5.02 Å². The minimum atomic E-state index is -0.278. The van der Waals surface area contributed by atoms with Crippen LogP contribution in [0.3, 0.4) is 0 Å². The lowest BCUT2D eigenvalue weighted by Gasteiger charge is -2.15. The van der Waals surface area contributed by atoms with Gasteiger partial charge in [-0.15, -0.1) is 0 Å². The Labute approximate surface area is 133 Å². The minimum Gasteiger partial charge on any atom is -0.324 e. The predicted octanol–water partition coefficient (Wildman–Crippen LogP) is 5.25. The van der Waals surface area contributed by atoms with Crippen molar-refractivity contribution in [3.05, 3.63) is 67.3 Å². The first kappa shape index (κ1) is 15.0. The molecule has 0 aliphatic rings. The molecular weight excluding hydrogens is 396 g/mol. The van der Waals surface area contributed by atoms with Crippen LogP contribution in [0.25, 0.3) is 0 Å². The van der Waals surface area contributed by atoms with Gasteiger partial charge in [-0.25, -0.2) is 4.39 Å². The van der Waals surface area contributed by atoms with E-state index >= 15 is 0 Å². The first-order valence-electron chi connectivity index (χ1n) is 5.62. The third kappa shape index (κ3) is 3.57. The highest BCUT2D eigenvalue weighted by Crippen LogP contribution is 2.29. The van der Waals surface area contributed by atoms with E-state index in [9.17, 15) is 4.39 Å². The fourth-order valence-electron chi connectivity index (χ4n) is 1.86. The van der Waals surface area contributed by atoms with Gasteiger partial charge in [-0.05, 0) is 51.7 Å². The van der Waals surface area contributed by atoms with Gasteiger partial charge in [0, 0.05) is 15.5 Å². The highest BCUT2D eigenvalue weighted by molar-refractivity contribution is 9.10. The van der Waals surface area contributed by atoms with Gasteiger partial charge < -0.3 is 5.73 Å². The van der Waals surface area contributed by atoms with Gasteiger partial charge >= 0.3 is 0 Å². The molecule has 0 saturated heterocycles. The van der Waals surface area contributed by atoms with Crippen LogP contribution in [0, 0.1) is 5.82 Å². The molecule has 0 aromatic heterocycles. The predicted molar refractivity (Wildman–Crippen MR) is 83.9 cm³/mol. The van der Waals surface area contributed by atoms with Gasteiger partial charge in [0.25, 0.3) is 0 Å². The molecule has 0 heterocycles. The molecule has 0 fully saturated rings. The number of hydrogen-bond acceptors (Lipinski definition) is 1. The Hall–Kier alpha value is -0.420. The zero-order valence-corrected chi connectivity index (χ0v) is 13.8. The highest BCUT2D eigenvalue weighted by Gasteiger charge is 2.14. The summed E-state index contributed by atoms with van der Waals surface area (Å²) in [6.45, 7) is 0. The summed E-state index contributed by atoms with van der Waals surface area (Å²) in [5.41, 5.74) is 7.97. The first-order chi connectivity index (χ1) is 8.99. The van der Waals surface area contributed by atoms with Crippen molar-refractivity contribution in [1.82, 2.24) is 0 Å². The van der Waals surface area contributed by atoms with E-state index in [1.54, 1.807) is 18.2 Å². The monoisotopic (exact) mass is 405 g/mol. The van der Waals surface area contributed by atoms with Crippen LogP contribution in [0.1, 0.15) is 17.2 Å². The SMILES string of the molecule is NC(Cc1cccc(F)c1Br)c1ccc(Cl)cc1Br. The standard InChI is InChI=1S/C14H11Br2ClFN/c15-11-7-9(17)4-5-10(11)13(19)6-8-2-1-3-12(18)14(8)16/h1-5,7,13H,6,19H2. The zero-order valence-electron chi connectivity index (χ0n) is 9.84. The fraction of sp³-hybridized carbons (Fsp3) is 0.143. The van der Waals surface area contributed by atoms with Crippen molar-refractivity contribution in [2.24, 2.45) is 5.73 Å². The number of rotatable bonds is 3. The molecule has 2 aromatic rings. The van der Waals surface area contributed by atoms with Gasteiger partial charge in [0.1, 0.15) is 5.82 Å². The summed E-state index contributed by atoms with van der Waals surface area (Å²) in [4.78, 5) is 0. The van der Waals surface area contributed by atoms with Crippen molar-refractivity contribution in [2.75, 3.05) is 0 Å². The van der Waals surface area contributed by atoms with Crippen molar-refractivity contribution >= 4 is 43.5 Å². The Kier molecular flexibility index (Phi) is 5.01. The number of benzene rings is 2. The summed E-state index contributed by atoms with van der Waals surface area (Å²) in [6.07, 6.45) is 0.540. The van der Waals surface area contributed by atoms with Crippen molar-refractivity contribution in [3.8, 4) is 0 Å². The number of halogens is 4. The molecule has 1 atom stereocenters. The van der Waals surface area contributed by atoms with E-state index in [0.717, 1.165) is 15.6 Å². The molecule has 1 unspecified atom stereocenters. The largest absolute Gasteiger partial charge is 0.324 e. The molecule has 2 N–H and O–H groups in total. The lowest BCUT2D eigenvalue weighted by atomic mass is 10.00. The fourth-order valence-corrected chi connectivity index (χ4v) is 3.26. The van der Waals surface area contributed by atoms with Gasteiger partial charge in [0.05, 0.1) is 4.47 Å². The van der Waals surface area contributed by atoms with E-state index in [1.165, 1.54) is 6.07 Å². The molecule has 0 amide bonds. The number of nitrogens with two attached hydrogens (primary N) is 1. The van der Waals surface area contributed by atoms with Crippen LogP contribution in [0.5, 0.6) is 0 Å². The molecule has 0 spiro atoms. The summed E-state index contributed by atoms with van der Waals surface area (Å²) < 4.78 is 14.8. The molecule has 0 saturated carbocycles. The summed E-state index contributed by atoms with van der Waals surface area (Å²) in [6, 6.07) is 10.2. The third-order valence-corrected chi connectivity index (χ3v) is 4.64. The van der Waals surface area contributed by atoms with Gasteiger partial charge in [-0.3, -0.25) is 0 Å². The minimum absolute atomic E-state index is 0.232. The van der Waals surface area contributed by atoms with Crippen LogP contribution in [-0.4, -0.2) is 0 Å². The molecule has 0 bridgehead atoms. The van der Waals surface area contributed by atoms with Crippen molar-refractivity contribution in [2.45, 2.75) is 12.5 Å². The third-order valence-electron chi connectivity index (χ3n) is 2.83. The van der Waals surface area contributed by atoms with E-state index < -0.39 is 0 Å². The molecule has 2 rings (SSSR count). The van der Waals surface area contributed by atoms with Crippen LogP contribution >= 0.6 is 43.5 Å². The zero-order chi connectivity index (χ0) is 14.0. The van der Waals surface area contributed by atoms with E-state index in [1.807, 2.05) is 12.1 Å². The Morgan fingerprint density at radius 2 is 1.95 bits per heavy atom. The van der Waals surface area contributed by atoms with Crippen molar-refractivity contribution in [3.63, 3.8) is 0 Å². The smallest absolute Gasteiger partial charge is 0.137 e. The molecule has 1 nitrogen and oxygen atoms in total. The lowest BCUT2D eigenvalue weighted by Crippen LogP contribution is -2.14. The maximum absolute atomic E-state index is 13.4. The summed E-state index contributed by atoms with van der Waals surface area (Å²) >= 11 is 12.6. The van der Waals surface area contributed by atoms with Gasteiger partial charge in [0.2, 0.25) is 0 Å². The quantitative estimate of drug-likeness (QED) is 0.739. The van der Waals surface area contributed by atoms with Crippen molar-refractivity contribution < 1.29 is 4.39 Å². The Morgan fingerprint density at radius 1 is 1.21 bits per heavy atom. The molecule has 19 heavy (non-hydrogen) atoms. The van der Waals surface area contributed by atoms with Crippen molar-refractivity contribution in [1.29, 1.82) is 0 Å². The van der Waals surface area contributed by atoms with E-state index in [-0.39, 0.29) is 11.9 Å². The van der Waals surface area contributed by atoms with Gasteiger partial charge in [-0.2, -0.15) is 0 Å². The first-order valence-corrected chi connectivity index (χ1v) is 7.59. The van der Waals surface area contributed by atoms with Gasteiger partial charge in [0.15, 0.2) is 0 Å². The van der Waals surface area contributed by atoms with E-state index in [0.29, 0.717) is 15.9 Å². The Morgan fingerprint density at radius 3 is 2.63 bits per heavy atom. The van der Waals surface area contributed by atoms with Crippen LogP contribution in [0.15, 0.2) is 45.3 Å². The second kappa shape index (κ2) is 6.35. The lowest BCUT2D eigenvalue weighted by molar-refractivity contribution is 0.614. The van der Waals surface area contributed by atoms with Crippen LogP contribution < -0.4 is 5.73 Å². The van der Waals surface area contributed by atoms with Gasteiger partial charge in [-0.1, -0.05) is 45.7 Å².